The second-order valence-corrected chi connectivity index (χ2v) is 6.67. The van der Waals surface area contributed by atoms with Gasteiger partial charge in [-0.1, -0.05) is 32.6 Å². The van der Waals surface area contributed by atoms with Gasteiger partial charge in [-0.2, -0.15) is 0 Å². The molecule has 5 nitrogen and oxygen atoms in total. The lowest BCUT2D eigenvalue weighted by Gasteiger charge is -2.27. The average Bonchev–Trinajstić information content (AvgIpc) is 2.96. The number of hydrogen-bond donors (Lipinski definition) is 3. The largest absolute Gasteiger partial charge is 0.355 e. The molecule has 3 rings (SSSR count). The highest BCUT2D eigenvalue weighted by Crippen LogP contribution is 2.29. The molecule has 0 radical (unpaired) electrons. The molecular formula is C16H26N4O. The van der Waals surface area contributed by atoms with Gasteiger partial charge in [0.05, 0.1) is 23.8 Å². The number of imidazole rings is 1. The number of amides is 1. The summed E-state index contributed by atoms with van der Waals surface area (Å²) in [5.74, 6) is 1.82. The molecule has 1 aromatic heterocycles. The smallest absolute Gasteiger partial charge is 0.237 e. The van der Waals surface area contributed by atoms with Gasteiger partial charge in [-0.3, -0.25) is 10.1 Å². The van der Waals surface area contributed by atoms with Gasteiger partial charge in [-0.25, -0.2) is 4.98 Å². The maximum Gasteiger partial charge on any atom is 0.237 e. The predicted octanol–water partition coefficient (Wildman–Crippen LogP) is 1.76. The zero-order valence-corrected chi connectivity index (χ0v) is 12.8. The first-order valence-corrected chi connectivity index (χ1v) is 8.24. The van der Waals surface area contributed by atoms with E-state index in [2.05, 4.69) is 27.5 Å². The Kier molecular flexibility index (Phi) is 4.58. The lowest BCUT2D eigenvalue weighted by atomic mass is 9.81. The average molecular weight is 290 g/mol. The van der Waals surface area contributed by atoms with Crippen molar-refractivity contribution in [2.75, 3.05) is 6.54 Å². The Labute approximate surface area is 126 Å². The van der Waals surface area contributed by atoms with Crippen LogP contribution in [0.5, 0.6) is 0 Å². The van der Waals surface area contributed by atoms with E-state index >= 15 is 0 Å². The van der Waals surface area contributed by atoms with E-state index < -0.39 is 0 Å². The Morgan fingerprint density at radius 2 is 2.19 bits per heavy atom. The van der Waals surface area contributed by atoms with Gasteiger partial charge in [0.2, 0.25) is 5.91 Å². The third kappa shape index (κ3) is 3.64. The van der Waals surface area contributed by atoms with Gasteiger partial charge >= 0.3 is 0 Å². The van der Waals surface area contributed by atoms with Crippen molar-refractivity contribution in [1.82, 2.24) is 20.6 Å². The molecule has 1 aliphatic heterocycles. The summed E-state index contributed by atoms with van der Waals surface area (Å²) in [7, 11) is 0. The van der Waals surface area contributed by atoms with Crippen molar-refractivity contribution in [2.45, 2.75) is 58.0 Å². The number of nitrogens with zero attached hydrogens (tertiary/aromatic N) is 1. The molecule has 21 heavy (non-hydrogen) atoms. The number of aromatic amines is 1. The summed E-state index contributed by atoms with van der Waals surface area (Å²) in [5.41, 5.74) is 2.13. The van der Waals surface area contributed by atoms with Gasteiger partial charge in [-0.15, -0.1) is 0 Å². The summed E-state index contributed by atoms with van der Waals surface area (Å²) in [6.45, 7) is 3.85. The van der Waals surface area contributed by atoms with Crippen molar-refractivity contribution >= 4 is 5.91 Å². The van der Waals surface area contributed by atoms with E-state index in [1.165, 1.54) is 25.7 Å². The molecule has 0 spiro atoms. The van der Waals surface area contributed by atoms with Gasteiger partial charge in [0, 0.05) is 19.5 Å². The maximum absolute atomic E-state index is 12.2. The molecule has 0 bridgehead atoms. The van der Waals surface area contributed by atoms with Crippen LogP contribution in [0.4, 0.5) is 0 Å². The molecule has 5 heteroatoms. The quantitative estimate of drug-likeness (QED) is 0.791. The molecule has 0 saturated heterocycles. The van der Waals surface area contributed by atoms with Crippen LogP contribution in [0.3, 0.4) is 0 Å². The fraction of sp³-hybridized carbons (Fsp3) is 0.750. The first kappa shape index (κ1) is 14.6. The van der Waals surface area contributed by atoms with Gasteiger partial charge in [0.15, 0.2) is 0 Å². The molecule has 1 aromatic rings. The number of rotatable bonds is 4. The number of H-pyrrole nitrogens is 1. The second-order valence-electron chi connectivity index (χ2n) is 6.67. The van der Waals surface area contributed by atoms with Crippen LogP contribution in [0.1, 0.15) is 50.4 Å². The molecular weight excluding hydrogens is 264 g/mol. The standard InChI is InChI=1S/C16H26N4O/c1-11-2-4-12(5-3-11)6-7-17-16(21)14-8-13-15(9-18-14)20-10-19-13/h10-12,14,18H,2-9H2,1H3,(H,17,21)(H,19,20). The van der Waals surface area contributed by atoms with Gasteiger partial charge < -0.3 is 10.3 Å². The summed E-state index contributed by atoms with van der Waals surface area (Å²) in [4.78, 5) is 19.6. The van der Waals surface area contributed by atoms with Crippen molar-refractivity contribution < 1.29 is 4.79 Å². The highest BCUT2D eigenvalue weighted by Gasteiger charge is 2.25. The first-order valence-electron chi connectivity index (χ1n) is 8.24. The van der Waals surface area contributed by atoms with E-state index in [1.807, 2.05) is 0 Å². The number of carbonyl (C=O) groups excluding carboxylic acids is 1. The van der Waals surface area contributed by atoms with E-state index in [4.69, 9.17) is 0 Å². The molecule has 1 unspecified atom stereocenters. The monoisotopic (exact) mass is 290 g/mol. The summed E-state index contributed by atoms with van der Waals surface area (Å²) >= 11 is 0. The van der Waals surface area contributed by atoms with Crippen molar-refractivity contribution in [1.29, 1.82) is 0 Å². The first-order chi connectivity index (χ1) is 10.2. The van der Waals surface area contributed by atoms with E-state index in [1.54, 1.807) is 6.33 Å². The molecule has 3 N–H and O–H groups in total. The molecule has 116 valence electrons. The van der Waals surface area contributed by atoms with Crippen LogP contribution in [0.2, 0.25) is 0 Å². The Bertz CT molecular complexity index is 476. The van der Waals surface area contributed by atoms with Crippen LogP contribution in [0.15, 0.2) is 6.33 Å². The topological polar surface area (TPSA) is 69.8 Å². The number of fused-ring (bicyclic) bond motifs is 1. The highest BCUT2D eigenvalue weighted by molar-refractivity contribution is 5.82. The molecule has 2 aliphatic rings. The lowest BCUT2D eigenvalue weighted by Crippen LogP contribution is -2.48. The summed E-state index contributed by atoms with van der Waals surface area (Å²) in [5, 5.41) is 6.37. The second kappa shape index (κ2) is 6.60. The van der Waals surface area contributed by atoms with Crippen molar-refractivity contribution in [3.63, 3.8) is 0 Å². The third-order valence-corrected chi connectivity index (χ3v) is 5.03. The fourth-order valence-corrected chi connectivity index (χ4v) is 3.49. The molecule has 2 heterocycles. The number of nitrogens with one attached hydrogen (secondary N) is 3. The Hall–Kier alpha value is -1.36. The number of hydrogen-bond acceptors (Lipinski definition) is 3. The van der Waals surface area contributed by atoms with Crippen LogP contribution in [0, 0.1) is 11.8 Å². The molecule has 1 fully saturated rings. The summed E-state index contributed by atoms with van der Waals surface area (Å²) < 4.78 is 0. The van der Waals surface area contributed by atoms with E-state index in [-0.39, 0.29) is 11.9 Å². The SMILES string of the molecule is CC1CCC(CCNC(=O)C2Cc3nc[nH]c3CN2)CC1. The lowest BCUT2D eigenvalue weighted by molar-refractivity contribution is -0.123. The van der Waals surface area contributed by atoms with Crippen LogP contribution < -0.4 is 10.6 Å². The van der Waals surface area contributed by atoms with Crippen LogP contribution >= 0.6 is 0 Å². The van der Waals surface area contributed by atoms with Gasteiger partial charge in [0.25, 0.3) is 0 Å². The zero-order valence-electron chi connectivity index (χ0n) is 12.8. The minimum absolute atomic E-state index is 0.118. The molecule has 0 aromatic carbocycles. The van der Waals surface area contributed by atoms with Crippen LogP contribution in [-0.4, -0.2) is 28.5 Å². The van der Waals surface area contributed by atoms with Crippen molar-refractivity contribution in [3.8, 4) is 0 Å². The number of aromatic nitrogens is 2. The van der Waals surface area contributed by atoms with E-state index in [0.29, 0.717) is 13.0 Å². The third-order valence-electron chi connectivity index (χ3n) is 5.03. The highest BCUT2D eigenvalue weighted by atomic mass is 16.2. The molecule has 1 amide bonds. The molecule has 1 atom stereocenters. The molecule has 1 saturated carbocycles. The maximum atomic E-state index is 12.2. The normalized spacial score (nSPS) is 28.9. The minimum Gasteiger partial charge on any atom is -0.355 e. The number of carbonyl (C=O) groups is 1. The van der Waals surface area contributed by atoms with Gasteiger partial charge in [-0.05, 0) is 18.3 Å². The minimum atomic E-state index is -0.132. The summed E-state index contributed by atoms with van der Waals surface area (Å²) in [6.07, 6.45) is 8.88. The Balaban J connectivity index is 1.39. The Morgan fingerprint density at radius 3 is 3.00 bits per heavy atom. The van der Waals surface area contributed by atoms with Crippen molar-refractivity contribution in [2.24, 2.45) is 11.8 Å². The summed E-state index contributed by atoms with van der Waals surface area (Å²) in [6, 6.07) is -0.132. The van der Waals surface area contributed by atoms with Crippen LogP contribution in [-0.2, 0) is 17.8 Å². The zero-order chi connectivity index (χ0) is 14.7. The molecule has 1 aliphatic carbocycles. The van der Waals surface area contributed by atoms with Crippen molar-refractivity contribution in [3.05, 3.63) is 17.7 Å². The van der Waals surface area contributed by atoms with Crippen LogP contribution in [0.25, 0.3) is 0 Å². The van der Waals surface area contributed by atoms with Gasteiger partial charge in [0.1, 0.15) is 0 Å². The fourth-order valence-electron chi connectivity index (χ4n) is 3.49. The van der Waals surface area contributed by atoms with E-state index in [0.717, 1.165) is 36.2 Å². The predicted molar refractivity (Wildman–Crippen MR) is 81.7 cm³/mol. The Morgan fingerprint density at radius 1 is 1.38 bits per heavy atom. The van der Waals surface area contributed by atoms with E-state index in [9.17, 15) is 4.79 Å².